The number of carbonyl (C=O) groups excluding carboxylic acids is 1. The van der Waals surface area contributed by atoms with E-state index in [4.69, 9.17) is 9.26 Å². The SMILES string of the molecule is CCNC(=NCc1c(CC)noc1CC)NCC(=O)NCc1ccc(OC)cc1.I. The standard InChI is InChI=1S/C21H31N5O3.HI/c1-5-18-17(19(6-2)29-26-18)13-24-21(22-7-3)25-14-20(27)23-12-15-8-10-16(28-4)11-9-15;/h8-11H,5-7,12-14H2,1-4H3,(H,23,27)(H2,22,24,25);1H. The monoisotopic (exact) mass is 529 g/mol. The van der Waals surface area contributed by atoms with Crippen LogP contribution >= 0.6 is 24.0 Å². The van der Waals surface area contributed by atoms with Crippen LogP contribution in [0.5, 0.6) is 5.75 Å². The number of hydrogen-bond donors (Lipinski definition) is 3. The third-order valence-corrected chi connectivity index (χ3v) is 4.41. The maximum Gasteiger partial charge on any atom is 0.239 e. The van der Waals surface area contributed by atoms with Gasteiger partial charge in [-0.05, 0) is 31.0 Å². The molecule has 0 unspecified atom stereocenters. The van der Waals surface area contributed by atoms with Crippen LogP contribution in [0.1, 0.15) is 43.4 Å². The predicted molar refractivity (Wildman–Crippen MR) is 128 cm³/mol. The molecule has 0 radical (unpaired) electrons. The highest BCUT2D eigenvalue weighted by Gasteiger charge is 2.13. The van der Waals surface area contributed by atoms with Gasteiger partial charge in [0.05, 0.1) is 25.9 Å². The summed E-state index contributed by atoms with van der Waals surface area (Å²) in [5.41, 5.74) is 2.96. The van der Waals surface area contributed by atoms with Gasteiger partial charge in [-0.15, -0.1) is 24.0 Å². The summed E-state index contributed by atoms with van der Waals surface area (Å²) in [6.07, 6.45) is 1.57. The highest BCUT2D eigenvalue weighted by molar-refractivity contribution is 14.0. The summed E-state index contributed by atoms with van der Waals surface area (Å²) in [6.45, 7) is 7.80. The topological polar surface area (TPSA) is 101 Å². The molecule has 1 heterocycles. The second kappa shape index (κ2) is 13.8. The number of halogens is 1. The van der Waals surface area contributed by atoms with Gasteiger partial charge in [-0.1, -0.05) is 31.1 Å². The fraction of sp³-hybridized carbons (Fsp3) is 0.476. The van der Waals surface area contributed by atoms with E-state index in [-0.39, 0.29) is 36.4 Å². The molecule has 0 aliphatic heterocycles. The summed E-state index contributed by atoms with van der Waals surface area (Å²) in [7, 11) is 1.63. The molecule has 1 aromatic heterocycles. The van der Waals surface area contributed by atoms with E-state index in [0.29, 0.717) is 25.6 Å². The van der Waals surface area contributed by atoms with Crippen molar-refractivity contribution < 1.29 is 14.1 Å². The van der Waals surface area contributed by atoms with Crippen molar-refractivity contribution in [3.05, 3.63) is 46.8 Å². The molecule has 1 aromatic carbocycles. The number of nitrogens with zero attached hydrogens (tertiary/aromatic N) is 2. The molecule has 0 fully saturated rings. The van der Waals surface area contributed by atoms with Crippen LogP contribution in [-0.2, 0) is 30.7 Å². The maximum absolute atomic E-state index is 12.2. The summed E-state index contributed by atoms with van der Waals surface area (Å²) in [4.78, 5) is 16.8. The van der Waals surface area contributed by atoms with E-state index in [1.165, 1.54) is 0 Å². The molecule has 166 valence electrons. The minimum Gasteiger partial charge on any atom is -0.497 e. The Hall–Kier alpha value is -2.30. The smallest absolute Gasteiger partial charge is 0.239 e. The van der Waals surface area contributed by atoms with Gasteiger partial charge in [-0.3, -0.25) is 4.79 Å². The van der Waals surface area contributed by atoms with E-state index in [1.807, 2.05) is 45.0 Å². The molecule has 0 aliphatic carbocycles. The third-order valence-electron chi connectivity index (χ3n) is 4.41. The molecule has 8 nitrogen and oxygen atoms in total. The van der Waals surface area contributed by atoms with Crippen LogP contribution in [0, 0.1) is 0 Å². The number of guanidine groups is 1. The lowest BCUT2D eigenvalue weighted by atomic mass is 10.1. The molecule has 0 spiro atoms. The number of rotatable bonds is 10. The third kappa shape index (κ3) is 7.85. The number of aryl methyl sites for hydroxylation is 2. The molecule has 2 aromatic rings. The maximum atomic E-state index is 12.2. The first-order valence-electron chi connectivity index (χ1n) is 9.99. The zero-order chi connectivity index (χ0) is 21.1. The zero-order valence-electron chi connectivity index (χ0n) is 18.1. The minimum absolute atomic E-state index is 0. The molecule has 0 saturated carbocycles. The van der Waals surface area contributed by atoms with E-state index in [1.54, 1.807) is 7.11 Å². The molecular formula is C21H32IN5O3. The van der Waals surface area contributed by atoms with Gasteiger partial charge in [0.1, 0.15) is 11.5 Å². The van der Waals surface area contributed by atoms with Crippen molar-refractivity contribution in [2.24, 2.45) is 4.99 Å². The summed E-state index contributed by atoms with van der Waals surface area (Å²) < 4.78 is 10.5. The number of carbonyl (C=O) groups is 1. The zero-order valence-corrected chi connectivity index (χ0v) is 20.4. The Morgan fingerprint density at radius 1 is 1.10 bits per heavy atom. The number of nitrogens with one attached hydrogen (secondary N) is 3. The quantitative estimate of drug-likeness (QED) is 0.249. The van der Waals surface area contributed by atoms with E-state index in [2.05, 4.69) is 26.1 Å². The molecule has 2 rings (SSSR count). The van der Waals surface area contributed by atoms with Crippen molar-refractivity contribution in [3.63, 3.8) is 0 Å². The van der Waals surface area contributed by atoms with E-state index < -0.39 is 0 Å². The van der Waals surface area contributed by atoms with Crippen LogP contribution in [0.3, 0.4) is 0 Å². The molecule has 0 saturated heterocycles. The Morgan fingerprint density at radius 2 is 1.83 bits per heavy atom. The predicted octanol–water partition coefficient (Wildman–Crippen LogP) is 2.80. The normalized spacial score (nSPS) is 10.9. The Morgan fingerprint density at radius 3 is 2.43 bits per heavy atom. The number of amides is 1. The molecule has 0 atom stereocenters. The summed E-state index contributed by atoms with van der Waals surface area (Å²) in [5.74, 6) is 2.12. The lowest BCUT2D eigenvalue weighted by Gasteiger charge is -2.12. The van der Waals surface area contributed by atoms with Crippen LogP contribution in [0.4, 0.5) is 0 Å². The van der Waals surface area contributed by atoms with E-state index in [0.717, 1.165) is 41.2 Å². The molecule has 9 heteroatoms. The van der Waals surface area contributed by atoms with Crippen molar-refractivity contribution in [2.45, 2.75) is 46.7 Å². The van der Waals surface area contributed by atoms with Crippen molar-refractivity contribution in [1.29, 1.82) is 0 Å². The van der Waals surface area contributed by atoms with Crippen molar-refractivity contribution in [3.8, 4) is 5.75 Å². The summed E-state index contributed by atoms with van der Waals surface area (Å²) in [5, 5.41) is 13.2. The highest BCUT2D eigenvalue weighted by atomic mass is 127. The van der Waals surface area contributed by atoms with Gasteiger partial charge < -0.3 is 25.2 Å². The largest absolute Gasteiger partial charge is 0.497 e. The second-order valence-corrected chi connectivity index (χ2v) is 6.41. The summed E-state index contributed by atoms with van der Waals surface area (Å²) >= 11 is 0. The average molecular weight is 529 g/mol. The number of aromatic nitrogens is 1. The number of aliphatic imine (C=N–C) groups is 1. The van der Waals surface area contributed by atoms with Gasteiger partial charge in [0.2, 0.25) is 5.91 Å². The van der Waals surface area contributed by atoms with Gasteiger partial charge in [0.15, 0.2) is 5.96 Å². The van der Waals surface area contributed by atoms with Crippen molar-refractivity contribution in [1.82, 2.24) is 21.1 Å². The van der Waals surface area contributed by atoms with Crippen molar-refractivity contribution >= 4 is 35.8 Å². The lowest BCUT2D eigenvalue weighted by Crippen LogP contribution is -2.43. The molecule has 30 heavy (non-hydrogen) atoms. The molecule has 0 bridgehead atoms. The average Bonchev–Trinajstić information content (AvgIpc) is 3.16. The highest BCUT2D eigenvalue weighted by Crippen LogP contribution is 2.16. The van der Waals surface area contributed by atoms with Gasteiger partial charge in [-0.25, -0.2) is 4.99 Å². The number of ether oxygens (including phenoxy) is 1. The first kappa shape index (κ1) is 25.7. The Kier molecular flexibility index (Phi) is 11.9. The number of benzene rings is 1. The first-order valence-corrected chi connectivity index (χ1v) is 9.99. The van der Waals surface area contributed by atoms with Crippen LogP contribution in [0.2, 0.25) is 0 Å². The van der Waals surface area contributed by atoms with E-state index in [9.17, 15) is 4.79 Å². The van der Waals surface area contributed by atoms with Gasteiger partial charge >= 0.3 is 0 Å². The molecule has 0 aliphatic rings. The minimum atomic E-state index is -0.111. The van der Waals surface area contributed by atoms with Crippen LogP contribution in [-0.4, -0.2) is 37.2 Å². The van der Waals surface area contributed by atoms with Crippen LogP contribution in [0.15, 0.2) is 33.8 Å². The fourth-order valence-electron chi connectivity index (χ4n) is 2.79. The Labute approximate surface area is 195 Å². The summed E-state index contributed by atoms with van der Waals surface area (Å²) in [6, 6.07) is 7.59. The second-order valence-electron chi connectivity index (χ2n) is 6.41. The fourth-order valence-corrected chi connectivity index (χ4v) is 2.79. The van der Waals surface area contributed by atoms with Crippen molar-refractivity contribution in [2.75, 3.05) is 20.2 Å². The molecule has 3 N–H and O–H groups in total. The lowest BCUT2D eigenvalue weighted by molar-refractivity contribution is -0.120. The molecular weight excluding hydrogens is 497 g/mol. The van der Waals surface area contributed by atoms with Gasteiger partial charge in [0.25, 0.3) is 0 Å². The Balaban J connectivity index is 0.00000450. The number of hydrogen-bond acceptors (Lipinski definition) is 5. The van der Waals surface area contributed by atoms with Crippen LogP contribution in [0.25, 0.3) is 0 Å². The number of methoxy groups -OCH3 is 1. The first-order chi connectivity index (χ1) is 14.1. The van der Waals surface area contributed by atoms with Gasteiger partial charge in [-0.2, -0.15) is 0 Å². The Bertz CT molecular complexity index is 784. The molecule has 1 amide bonds. The van der Waals surface area contributed by atoms with Crippen LogP contribution < -0.4 is 20.7 Å². The van der Waals surface area contributed by atoms with Gasteiger partial charge in [0, 0.05) is 25.1 Å². The van der Waals surface area contributed by atoms with E-state index >= 15 is 0 Å².